The molecule has 2 unspecified atom stereocenters. The summed E-state index contributed by atoms with van der Waals surface area (Å²) in [7, 11) is 1.67. The molecule has 2 atom stereocenters. The van der Waals surface area contributed by atoms with Gasteiger partial charge in [0.05, 0.1) is 25.9 Å². The van der Waals surface area contributed by atoms with Crippen LogP contribution in [0.4, 0.5) is 5.69 Å². The molecule has 2 rings (SSSR count). The van der Waals surface area contributed by atoms with Crippen molar-refractivity contribution in [3.05, 3.63) is 29.8 Å². The molecular formula is C16H25NO3. The van der Waals surface area contributed by atoms with Crippen LogP contribution in [0, 0.1) is 5.41 Å². The van der Waals surface area contributed by atoms with Gasteiger partial charge in [0.15, 0.2) is 0 Å². The number of rotatable bonds is 7. The first kappa shape index (κ1) is 15.3. The molecule has 1 aromatic rings. The Morgan fingerprint density at radius 1 is 1.35 bits per heavy atom. The molecule has 1 aromatic carbocycles. The van der Waals surface area contributed by atoms with Crippen LogP contribution in [-0.4, -0.2) is 37.6 Å². The van der Waals surface area contributed by atoms with Gasteiger partial charge in [-0.15, -0.1) is 0 Å². The van der Waals surface area contributed by atoms with Crippen molar-refractivity contribution in [2.75, 3.05) is 25.6 Å². The zero-order chi connectivity index (χ0) is 14.6. The third kappa shape index (κ3) is 3.51. The molecule has 4 heteroatoms. The largest absolute Gasteiger partial charge is 0.392 e. The van der Waals surface area contributed by atoms with Gasteiger partial charge < -0.3 is 19.9 Å². The number of aliphatic hydroxyl groups excluding tert-OH is 1. The highest BCUT2D eigenvalue weighted by atomic mass is 16.5. The summed E-state index contributed by atoms with van der Waals surface area (Å²) in [6.07, 6.45) is 0.599. The van der Waals surface area contributed by atoms with Gasteiger partial charge in [-0.25, -0.2) is 0 Å². The summed E-state index contributed by atoms with van der Waals surface area (Å²) < 4.78 is 10.5. The van der Waals surface area contributed by atoms with Gasteiger partial charge in [-0.1, -0.05) is 26.0 Å². The molecule has 2 N–H and O–H groups in total. The second kappa shape index (κ2) is 6.57. The van der Waals surface area contributed by atoms with Crippen molar-refractivity contribution in [2.24, 2.45) is 5.41 Å². The second-order valence-electron chi connectivity index (χ2n) is 6.02. The van der Waals surface area contributed by atoms with Crippen molar-refractivity contribution in [1.29, 1.82) is 0 Å². The topological polar surface area (TPSA) is 50.7 Å². The summed E-state index contributed by atoms with van der Waals surface area (Å²) in [5, 5.41) is 13.3. The second-order valence-corrected chi connectivity index (χ2v) is 6.02. The van der Waals surface area contributed by atoms with Crippen LogP contribution in [0.3, 0.4) is 0 Å². The SMILES string of the molecule is COCCOCc1cccc(NC2CC(O)C2(C)C)c1. The van der Waals surface area contributed by atoms with Crippen molar-refractivity contribution >= 4 is 5.69 Å². The molecule has 0 radical (unpaired) electrons. The van der Waals surface area contributed by atoms with E-state index in [0.717, 1.165) is 17.7 Å². The summed E-state index contributed by atoms with van der Waals surface area (Å²) in [5.41, 5.74) is 2.16. The number of nitrogens with one attached hydrogen (secondary N) is 1. The van der Waals surface area contributed by atoms with E-state index in [1.807, 2.05) is 6.07 Å². The third-order valence-corrected chi connectivity index (χ3v) is 4.18. The molecule has 0 saturated heterocycles. The van der Waals surface area contributed by atoms with Gasteiger partial charge in [0, 0.05) is 24.3 Å². The lowest BCUT2D eigenvalue weighted by Gasteiger charge is -2.49. The summed E-state index contributed by atoms with van der Waals surface area (Å²) in [6, 6.07) is 8.56. The van der Waals surface area contributed by atoms with Crippen LogP contribution in [0.15, 0.2) is 24.3 Å². The van der Waals surface area contributed by atoms with Crippen LogP contribution in [0.5, 0.6) is 0 Å². The van der Waals surface area contributed by atoms with Crippen molar-refractivity contribution in [1.82, 2.24) is 0 Å². The fourth-order valence-corrected chi connectivity index (χ4v) is 2.43. The van der Waals surface area contributed by atoms with Gasteiger partial charge in [-0.05, 0) is 24.1 Å². The molecule has 0 bridgehead atoms. The Labute approximate surface area is 121 Å². The number of anilines is 1. The lowest BCUT2D eigenvalue weighted by Crippen LogP contribution is -2.56. The van der Waals surface area contributed by atoms with Crippen molar-refractivity contribution in [3.63, 3.8) is 0 Å². The Balaban J connectivity index is 1.87. The Kier molecular flexibility index (Phi) is 5.02. The van der Waals surface area contributed by atoms with Gasteiger partial charge >= 0.3 is 0 Å². The molecule has 4 nitrogen and oxygen atoms in total. The molecule has 112 valence electrons. The average Bonchev–Trinajstić information content (AvgIpc) is 2.44. The molecule has 0 heterocycles. The molecule has 1 aliphatic rings. The standard InChI is InChI=1S/C16H25NO3/c1-16(2)14(10-15(16)18)17-13-6-4-5-12(9-13)11-20-8-7-19-3/h4-6,9,14-15,17-18H,7-8,10-11H2,1-3H3. The number of benzene rings is 1. The lowest BCUT2D eigenvalue weighted by atomic mass is 9.64. The van der Waals surface area contributed by atoms with Crippen LogP contribution < -0.4 is 5.32 Å². The van der Waals surface area contributed by atoms with E-state index in [1.165, 1.54) is 0 Å². The summed E-state index contributed by atoms with van der Waals surface area (Å²) >= 11 is 0. The van der Waals surface area contributed by atoms with Crippen molar-refractivity contribution in [2.45, 2.75) is 39.0 Å². The van der Waals surface area contributed by atoms with Crippen molar-refractivity contribution in [3.8, 4) is 0 Å². The maximum atomic E-state index is 9.77. The average molecular weight is 279 g/mol. The minimum atomic E-state index is -0.208. The van der Waals surface area contributed by atoms with E-state index < -0.39 is 0 Å². The van der Waals surface area contributed by atoms with Crippen LogP contribution in [-0.2, 0) is 16.1 Å². The van der Waals surface area contributed by atoms with Crippen LogP contribution in [0.2, 0.25) is 0 Å². The Hall–Kier alpha value is -1.10. The molecule has 0 amide bonds. The number of ether oxygens (including phenoxy) is 2. The highest BCUT2D eigenvalue weighted by Crippen LogP contribution is 2.42. The molecule has 1 saturated carbocycles. The summed E-state index contributed by atoms with van der Waals surface area (Å²) in [6.45, 7) is 6.00. The summed E-state index contributed by atoms with van der Waals surface area (Å²) in [5.74, 6) is 0. The zero-order valence-electron chi connectivity index (χ0n) is 12.6. The molecule has 0 aliphatic heterocycles. The molecule has 20 heavy (non-hydrogen) atoms. The number of methoxy groups -OCH3 is 1. The number of hydrogen-bond acceptors (Lipinski definition) is 4. The third-order valence-electron chi connectivity index (χ3n) is 4.18. The summed E-state index contributed by atoms with van der Waals surface area (Å²) in [4.78, 5) is 0. The molecule has 0 spiro atoms. The zero-order valence-corrected chi connectivity index (χ0v) is 12.6. The quantitative estimate of drug-likeness (QED) is 0.753. The molecule has 0 aromatic heterocycles. The predicted octanol–water partition coefficient (Wildman–Crippen LogP) is 2.42. The first-order valence-corrected chi connectivity index (χ1v) is 7.14. The molecule has 1 fully saturated rings. The van der Waals surface area contributed by atoms with Crippen LogP contribution in [0.25, 0.3) is 0 Å². The Morgan fingerprint density at radius 2 is 2.15 bits per heavy atom. The number of aliphatic hydroxyl groups is 1. The molecular weight excluding hydrogens is 254 g/mol. The monoisotopic (exact) mass is 279 g/mol. The maximum absolute atomic E-state index is 9.77. The highest BCUT2D eigenvalue weighted by molar-refractivity contribution is 5.47. The predicted molar refractivity (Wildman–Crippen MR) is 79.8 cm³/mol. The van der Waals surface area contributed by atoms with E-state index in [9.17, 15) is 5.11 Å². The Morgan fingerprint density at radius 3 is 2.80 bits per heavy atom. The first-order chi connectivity index (χ1) is 9.54. The van der Waals surface area contributed by atoms with Gasteiger partial charge in [0.25, 0.3) is 0 Å². The lowest BCUT2D eigenvalue weighted by molar-refractivity contribution is -0.0510. The van der Waals surface area contributed by atoms with Gasteiger partial charge in [-0.2, -0.15) is 0 Å². The minimum absolute atomic E-state index is 0.0645. The van der Waals surface area contributed by atoms with Gasteiger partial charge in [0.1, 0.15) is 0 Å². The van der Waals surface area contributed by atoms with E-state index in [0.29, 0.717) is 25.9 Å². The van der Waals surface area contributed by atoms with E-state index in [2.05, 4.69) is 37.4 Å². The Bertz CT molecular complexity index is 433. The fourth-order valence-electron chi connectivity index (χ4n) is 2.43. The normalized spacial score (nSPS) is 24.2. The highest BCUT2D eigenvalue weighted by Gasteiger charge is 2.47. The van der Waals surface area contributed by atoms with Crippen LogP contribution in [0.1, 0.15) is 25.8 Å². The van der Waals surface area contributed by atoms with Crippen LogP contribution >= 0.6 is 0 Å². The van der Waals surface area contributed by atoms with E-state index in [-0.39, 0.29) is 11.5 Å². The van der Waals surface area contributed by atoms with E-state index >= 15 is 0 Å². The van der Waals surface area contributed by atoms with Gasteiger partial charge in [0.2, 0.25) is 0 Å². The minimum Gasteiger partial charge on any atom is -0.392 e. The van der Waals surface area contributed by atoms with E-state index in [4.69, 9.17) is 9.47 Å². The van der Waals surface area contributed by atoms with Gasteiger partial charge in [-0.3, -0.25) is 0 Å². The fraction of sp³-hybridized carbons (Fsp3) is 0.625. The molecule has 1 aliphatic carbocycles. The maximum Gasteiger partial charge on any atom is 0.0718 e. The smallest absolute Gasteiger partial charge is 0.0718 e. The van der Waals surface area contributed by atoms with Crippen molar-refractivity contribution < 1.29 is 14.6 Å². The van der Waals surface area contributed by atoms with E-state index in [1.54, 1.807) is 7.11 Å². The number of hydrogen-bond donors (Lipinski definition) is 2. The first-order valence-electron chi connectivity index (χ1n) is 7.14.